The number of carbonyl (C=O) groups is 2. The third-order valence-electron chi connectivity index (χ3n) is 4.11. The van der Waals surface area contributed by atoms with E-state index in [2.05, 4.69) is 10.6 Å². The summed E-state index contributed by atoms with van der Waals surface area (Å²) < 4.78 is 0. The van der Waals surface area contributed by atoms with Crippen molar-refractivity contribution in [1.29, 1.82) is 0 Å². The van der Waals surface area contributed by atoms with E-state index in [0.717, 1.165) is 6.54 Å². The molecule has 28 heavy (non-hydrogen) atoms. The number of carbonyl (C=O) groups excluding carboxylic acids is 2. The normalized spacial score (nSPS) is 11.6. The van der Waals surface area contributed by atoms with E-state index < -0.39 is 22.8 Å². The average molecular weight is 387 g/mol. The van der Waals surface area contributed by atoms with Gasteiger partial charge in [0.25, 0.3) is 5.69 Å². The molecule has 1 amide bonds. The summed E-state index contributed by atoms with van der Waals surface area (Å²) in [5.41, 5.74) is 1.45. The van der Waals surface area contributed by atoms with E-state index in [9.17, 15) is 24.8 Å². The Morgan fingerprint density at radius 1 is 1.04 bits per heavy atom. The van der Waals surface area contributed by atoms with Gasteiger partial charge < -0.3 is 25.9 Å². The number of hydrogen-bond donors (Lipinski definition) is 3. The van der Waals surface area contributed by atoms with E-state index in [4.69, 9.17) is 0 Å². The zero-order valence-electron chi connectivity index (χ0n) is 15.2. The fourth-order valence-electron chi connectivity index (χ4n) is 2.64. The lowest BCUT2D eigenvalue weighted by Gasteiger charge is -2.16. The minimum atomic E-state index is -1.30. The van der Waals surface area contributed by atoms with Crippen LogP contribution in [0.15, 0.2) is 54.6 Å². The van der Waals surface area contributed by atoms with Gasteiger partial charge in [-0.2, -0.15) is 0 Å². The standard InChI is InChI=1S/C19H22N4O5/c24-18(22-15-6-8-16(9-7-15)23(27)28)12-17(19(25)26)21-11-10-20-13-14-4-2-1-3-5-14/h1-9,17,20-21H,10-13H2,(H,22,24)(H,25,26)/p+1/t17-/m0/s1. The quantitative estimate of drug-likeness (QED) is 0.241. The Morgan fingerprint density at radius 2 is 1.71 bits per heavy atom. The van der Waals surface area contributed by atoms with Crippen LogP contribution in [0.2, 0.25) is 0 Å². The van der Waals surface area contributed by atoms with Crippen LogP contribution in [0, 0.1) is 10.1 Å². The fourth-order valence-corrected chi connectivity index (χ4v) is 2.64. The maximum Gasteiger partial charge on any atom is 0.269 e. The van der Waals surface area contributed by atoms with E-state index >= 15 is 0 Å². The number of nitrogens with zero attached hydrogens (tertiary/aromatic N) is 1. The van der Waals surface area contributed by atoms with Crippen molar-refractivity contribution in [2.45, 2.75) is 19.0 Å². The maximum absolute atomic E-state index is 12.1. The largest absolute Gasteiger partial charge is 0.544 e. The van der Waals surface area contributed by atoms with E-state index in [1.54, 1.807) is 5.32 Å². The molecule has 148 valence electrons. The van der Waals surface area contributed by atoms with Gasteiger partial charge in [-0.25, -0.2) is 0 Å². The highest BCUT2D eigenvalue weighted by atomic mass is 16.6. The number of carboxylic acid groups (broad SMARTS) is 1. The molecule has 0 heterocycles. The molecular formula is C19H23N4O5+. The van der Waals surface area contributed by atoms with Gasteiger partial charge in [0.1, 0.15) is 25.7 Å². The molecule has 0 fully saturated rings. The van der Waals surface area contributed by atoms with Crippen molar-refractivity contribution in [3.8, 4) is 0 Å². The number of benzene rings is 2. The highest BCUT2D eigenvalue weighted by Gasteiger charge is 2.18. The Kier molecular flexibility index (Phi) is 8.07. The molecular weight excluding hydrogens is 364 g/mol. The lowest BCUT2D eigenvalue weighted by molar-refractivity contribution is -0.742. The molecule has 0 aliphatic heterocycles. The van der Waals surface area contributed by atoms with Gasteiger partial charge >= 0.3 is 0 Å². The Labute approximate surface area is 161 Å². The number of anilines is 1. The molecule has 2 aromatic rings. The van der Waals surface area contributed by atoms with Gasteiger partial charge in [-0.05, 0) is 12.1 Å². The average Bonchev–Trinajstić information content (AvgIpc) is 2.68. The van der Waals surface area contributed by atoms with Crippen molar-refractivity contribution >= 4 is 23.3 Å². The van der Waals surface area contributed by atoms with Gasteiger partial charge in [0, 0.05) is 23.4 Å². The Hall–Kier alpha value is -3.30. The Bertz CT molecular complexity index is 796. The van der Waals surface area contributed by atoms with Crippen molar-refractivity contribution in [1.82, 2.24) is 0 Å². The van der Waals surface area contributed by atoms with E-state index in [1.807, 2.05) is 30.3 Å². The van der Waals surface area contributed by atoms with Crippen molar-refractivity contribution in [3.63, 3.8) is 0 Å². The fraction of sp³-hybridized carbons (Fsp3) is 0.263. The van der Waals surface area contributed by atoms with Gasteiger partial charge in [-0.3, -0.25) is 14.9 Å². The molecule has 2 aromatic carbocycles. The van der Waals surface area contributed by atoms with Crippen LogP contribution in [0.3, 0.4) is 0 Å². The molecule has 2 rings (SSSR count). The first-order chi connectivity index (χ1) is 13.5. The molecule has 0 aliphatic rings. The second kappa shape index (κ2) is 10.8. The van der Waals surface area contributed by atoms with Gasteiger partial charge in [0.05, 0.1) is 17.3 Å². The molecule has 0 spiro atoms. The number of quaternary nitrogens is 2. The molecule has 0 bridgehead atoms. The zero-order chi connectivity index (χ0) is 20.4. The predicted molar refractivity (Wildman–Crippen MR) is 98.9 cm³/mol. The Balaban J connectivity index is 1.74. The first-order valence-corrected chi connectivity index (χ1v) is 8.90. The molecule has 1 atom stereocenters. The van der Waals surface area contributed by atoms with Gasteiger partial charge in [0.15, 0.2) is 0 Å². The number of hydrogen-bond acceptors (Lipinski definition) is 5. The smallest absolute Gasteiger partial charge is 0.269 e. The minimum absolute atomic E-state index is 0.0919. The topological polar surface area (TPSA) is 146 Å². The zero-order valence-corrected chi connectivity index (χ0v) is 15.2. The molecule has 9 nitrogen and oxygen atoms in total. The predicted octanol–water partition coefficient (Wildman–Crippen LogP) is -1.63. The second-order valence-corrected chi connectivity index (χ2v) is 6.27. The van der Waals surface area contributed by atoms with Crippen molar-refractivity contribution < 1.29 is 30.3 Å². The first-order valence-electron chi connectivity index (χ1n) is 8.90. The van der Waals surface area contributed by atoms with Crippen LogP contribution >= 0.6 is 0 Å². The highest BCUT2D eigenvalue weighted by Crippen LogP contribution is 2.15. The van der Waals surface area contributed by atoms with Crippen molar-refractivity contribution in [2.75, 3.05) is 18.4 Å². The summed E-state index contributed by atoms with van der Waals surface area (Å²) in [5, 5.41) is 28.1. The molecule has 5 N–H and O–H groups in total. The third kappa shape index (κ3) is 7.14. The molecule has 0 aliphatic carbocycles. The summed E-state index contributed by atoms with van der Waals surface area (Å²) in [4.78, 5) is 33.4. The number of nitro benzene ring substituents is 1. The summed E-state index contributed by atoms with van der Waals surface area (Å²) in [6, 6.07) is 14.2. The number of nitrogens with one attached hydrogen (secondary N) is 1. The lowest BCUT2D eigenvalue weighted by atomic mass is 10.2. The number of rotatable bonds is 11. The van der Waals surface area contributed by atoms with Crippen LogP contribution in [0.5, 0.6) is 0 Å². The van der Waals surface area contributed by atoms with Crippen molar-refractivity contribution in [3.05, 3.63) is 70.3 Å². The summed E-state index contributed by atoms with van der Waals surface area (Å²) in [5.74, 6) is -1.80. The summed E-state index contributed by atoms with van der Waals surface area (Å²) >= 11 is 0. The van der Waals surface area contributed by atoms with Crippen LogP contribution in [0.1, 0.15) is 12.0 Å². The summed E-state index contributed by atoms with van der Waals surface area (Å²) in [6.45, 7) is 2.02. The third-order valence-corrected chi connectivity index (χ3v) is 4.11. The molecule has 0 saturated heterocycles. The number of non-ortho nitro benzene ring substituents is 1. The van der Waals surface area contributed by atoms with Crippen LogP contribution in [-0.2, 0) is 16.1 Å². The van der Waals surface area contributed by atoms with Crippen LogP contribution in [-0.4, -0.2) is 35.9 Å². The van der Waals surface area contributed by atoms with Gasteiger partial charge in [0.2, 0.25) is 5.91 Å². The van der Waals surface area contributed by atoms with Crippen LogP contribution in [0.4, 0.5) is 11.4 Å². The van der Waals surface area contributed by atoms with Crippen molar-refractivity contribution in [2.24, 2.45) is 0 Å². The molecule has 0 unspecified atom stereocenters. The summed E-state index contributed by atoms with van der Waals surface area (Å²) in [6.07, 6.45) is -0.252. The second-order valence-electron chi connectivity index (χ2n) is 6.27. The first kappa shape index (κ1) is 21.0. The Morgan fingerprint density at radius 3 is 2.32 bits per heavy atom. The molecule has 0 saturated carbocycles. The number of nitro groups is 1. The molecule has 9 heteroatoms. The van der Waals surface area contributed by atoms with Gasteiger partial charge in [-0.15, -0.1) is 0 Å². The summed E-state index contributed by atoms with van der Waals surface area (Å²) in [7, 11) is 0. The van der Waals surface area contributed by atoms with Crippen LogP contribution in [0.25, 0.3) is 0 Å². The van der Waals surface area contributed by atoms with E-state index in [0.29, 0.717) is 18.8 Å². The maximum atomic E-state index is 12.1. The molecule has 0 aromatic heterocycles. The minimum Gasteiger partial charge on any atom is -0.544 e. The number of amides is 1. The SMILES string of the molecule is O=C(C[C@H]([NH2+]CC[NH2+]Cc1ccccc1)C(=O)[O-])Nc1ccc([N+](=O)[O-])cc1. The lowest BCUT2D eigenvalue weighted by Crippen LogP contribution is -2.99. The number of carboxylic acids is 1. The molecule has 0 radical (unpaired) electrons. The van der Waals surface area contributed by atoms with Crippen LogP contribution < -0.4 is 21.1 Å². The van der Waals surface area contributed by atoms with Gasteiger partial charge in [-0.1, -0.05) is 30.3 Å². The number of aliphatic carboxylic acids is 1. The van der Waals surface area contributed by atoms with E-state index in [1.165, 1.54) is 29.8 Å². The monoisotopic (exact) mass is 387 g/mol. The highest BCUT2D eigenvalue weighted by molar-refractivity contribution is 5.93. The number of nitrogens with two attached hydrogens (primary N) is 2. The van der Waals surface area contributed by atoms with E-state index in [-0.39, 0.29) is 12.1 Å².